The summed E-state index contributed by atoms with van der Waals surface area (Å²) >= 11 is 0. The summed E-state index contributed by atoms with van der Waals surface area (Å²) in [6, 6.07) is 1.90. The van der Waals surface area contributed by atoms with Gasteiger partial charge in [-0.1, -0.05) is 11.6 Å². The molecule has 3 rings (SSSR count). The van der Waals surface area contributed by atoms with Gasteiger partial charge in [0.05, 0.1) is 18.6 Å². The van der Waals surface area contributed by atoms with Crippen LogP contribution in [0.5, 0.6) is 0 Å². The van der Waals surface area contributed by atoms with Gasteiger partial charge in [-0.05, 0) is 52.0 Å². The zero-order valence-electron chi connectivity index (χ0n) is 14.9. The van der Waals surface area contributed by atoms with Crippen LogP contribution >= 0.6 is 0 Å². The van der Waals surface area contributed by atoms with E-state index in [1.54, 1.807) is 6.20 Å². The average molecular weight is 331 g/mol. The Balaban J connectivity index is 1.69. The molecule has 1 atom stereocenters. The number of amides is 1. The normalized spacial score (nSPS) is 25.4. The van der Waals surface area contributed by atoms with Crippen molar-refractivity contribution in [3.63, 3.8) is 0 Å². The quantitative estimate of drug-likeness (QED) is 0.815. The van der Waals surface area contributed by atoms with Crippen molar-refractivity contribution in [1.29, 1.82) is 0 Å². The van der Waals surface area contributed by atoms with Crippen LogP contribution in [0.15, 0.2) is 30.1 Å². The summed E-state index contributed by atoms with van der Waals surface area (Å²) < 4.78 is 1.87. The van der Waals surface area contributed by atoms with Gasteiger partial charge in [-0.2, -0.15) is 5.10 Å². The number of nitrogens with zero attached hydrogens (tertiary/aromatic N) is 3. The van der Waals surface area contributed by atoms with Crippen molar-refractivity contribution >= 4 is 5.91 Å². The summed E-state index contributed by atoms with van der Waals surface area (Å²) in [7, 11) is 0. The third-order valence-electron chi connectivity index (χ3n) is 5.56. The number of aliphatic hydroxyl groups is 1. The smallest absolute Gasteiger partial charge is 0.230 e. The lowest BCUT2D eigenvalue weighted by Crippen LogP contribution is -2.50. The number of likely N-dealkylation sites (tertiary alicyclic amines) is 1. The second-order valence-corrected chi connectivity index (χ2v) is 7.96. The first-order valence-electron chi connectivity index (χ1n) is 9.00. The average Bonchev–Trinajstić information content (AvgIpc) is 3.18. The van der Waals surface area contributed by atoms with E-state index >= 15 is 0 Å². The van der Waals surface area contributed by atoms with E-state index in [4.69, 9.17) is 0 Å². The van der Waals surface area contributed by atoms with Crippen molar-refractivity contribution in [2.24, 2.45) is 10.8 Å². The van der Waals surface area contributed by atoms with Gasteiger partial charge in [-0.3, -0.25) is 9.48 Å². The van der Waals surface area contributed by atoms with Crippen molar-refractivity contribution in [2.75, 3.05) is 19.7 Å². The topological polar surface area (TPSA) is 58.4 Å². The zero-order chi connectivity index (χ0) is 17.2. The molecular formula is C19H29N3O2. The fourth-order valence-corrected chi connectivity index (χ4v) is 3.79. The molecule has 1 N–H and O–H groups in total. The van der Waals surface area contributed by atoms with E-state index in [0.717, 1.165) is 38.6 Å². The van der Waals surface area contributed by atoms with E-state index in [1.807, 2.05) is 21.8 Å². The fourth-order valence-electron chi connectivity index (χ4n) is 3.79. The van der Waals surface area contributed by atoms with Gasteiger partial charge in [0.25, 0.3) is 0 Å². The molecule has 1 aliphatic heterocycles. The lowest BCUT2D eigenvalue weighted by atomic mass is 9.77. The third kappa shape index (κ3) is 3.56. The minimum Gasteiger partial charge on any atom is -0.396 e. The Labute approximate surface area is 144 Å². The van der Waals surface area contributed by atoms with E-state index in [2.05, 4.69) is 25.0 Å². The summed E-state index contributed by atoms with van der Waals surface area (Å²) in [4.78, 5) is 15.1. The molecule has 0 bridgehead atoms. The summed E-state index contributed by atoms with van der Waals surface area (Å²) in [6.07, 6.45) is 10.6. The van der Waals surface area contributed by atoms with Gasteiger partial charge in [0.2, 0.25) is 5.91 Å². The third-order valence-corrected chi connectivity index (χ3v) is 5.56. The fraction of sp³-hybridized carbons (Fsp3) is 0.684. The second-order valence-electron chi connectivity index (χ2n) is 7.96. The molecule has 0 aromatic carbocycles. The molecule has 1 aromatic rings. The molecule has 5 heteroatoms. The van der Waals surface area contributed by atoms with Crippen molar-refractivity contribution in [3.8, 4) is 0 Å². The van der Waals surface area contributed by atoms with Crippen LogP contribution in [0.1, 0.15) is 46.0 Å². The van der Waals surface area contributed by atoms with Crippen molar-refractivity contribution in [2.45, 2.75) is 52.5 Å². The predicted octanol–water partition coefficient (Wildman–Crippen LogP) is 2.62. The zero-order valence-corrected chi connectivity index (χ0v) is 14.9. The second kappa shape index (κ2) is 6.71. The highest BCUT2D eigenvalue weighted by molar-refractivity contribution is 5.85. The van der Waals surface area contributed by atoms with E-state index in [-0.39, 0.29) is 23.3 Å². The number of piperidine rings is 1. The Hall–Kier alpha value is -1.62. The molecule has 1 saturated carbocycles. The highest BCUT2D eigenvalue weighted by Crippen LogP contribution is 2.49. The molecule has 1 amide bonds. The molecule has 2 aliphatic rings. The molecule has 132 valence electrons. The standard InChI is InChI=1S/C19H29N3O2/c1-16(2)5-7-18(15-23)6-3-11-21(13-18)17(24)19(8-9-19)14-22-12-4-10-20-22/h4-5,10,12,23H,3,6-9,11,13-15H2,1-2H3. The summed E-state index contributed by atoms with van der Waals surface area (Å²) in [5, 5.41) is 14.3. The van der Waals surface area contributed by atoms with E-state index in [0.29, 0.717) is 13.1 Å². The summed E-state index contributed by atoms with van der Waals surface area (Å²) in [6.45, 7) is 6.48. The van der Waals surface area contributed by atoms with E-state index in [9.17, 15) is 9.90 Å². The van der Waals surface area contributed by atoms with Gasteiger partial charge in [-0.25, -0.2) is 0 Å². The number of aliphatic hydroxyl groups excluding tert-OH is 1. The predicted molar refractivity (Wildman–Crippen MR) is 93.3 cm³/mol. The number of hydrogen-bond donors (Lipinski definition) is 1. The van der Waals surface area contributed by atoms with Crippen LogP contribution < -0.4 is 0 Å². The first kappa shape index (κ1) is 17.2. The Kier molecular flexibility index (Phi) is 4.81. The number of rotatable bonds is 6. The molecule has 1 aliphatic carbocycles. The van der Waals surface area contributed by atoms with Crippen LogP contribution in [-0.4, -0.2) is 45.4 Å². The first-order chi connectivity index (χ1) is 11.5. The Morgan fingerprint density at radius 2 is 2.12 bits per heavy atom. The van der Waals surface area contributed by atoms with Crippen LogP contribution in [-0.2, 0) is 11.3 Å². The molecule has 2 fully saturated rings. The minimum atomic E-state index is -0.263. The summed E-state index contributed by atoms with van der Waals surface area (Å²) in [5.41, 5.74) is 0.831. The Bertz CT molecular complexity index is 600. The van der Waals surface area contributed by atoms with Crippen molar-refractivity contribution in [3.05, 3.63) is 30.1 Å². The molecule has 1 saturated heterocycles. The molecule has 0 radical (unpaired) electrons. The maximum atomic E-state index is 13.1. The highest BCUT2D eigenvalue weighted by atomic mass is 16.3. The summed E-state index contributed by atoms with van der Waals surface area (Å²) in [5.74, 6) is 0.257. The van der Waals surface area contributed by atoms with Gasteiger partial charge >= 0.3 is 0 Å². The molecule has 0 spiro atoms. The number of hydrogen-bond acceptors (Lipinski definition) is 3. The van der Waals surface area contributed by atoms with Crippen LogP contribution in [0.25, 0.3) is 0 Å². The molecule has 24 heavy (non-hydrogen) atoms. The SMILES string of the molecule is CC(C)=CCC1(CO)CCCN(C(=O)C2(Cn3cccn3)CC2)C1. The molecule has 5 nitrogen and oxygen atoms in total. The maximum Gasteiger partial charge on any atom is 0.230 e. The number of carbonyl (C=O) groups excluding carboxylic acids is 1. The van der Waals surface area contributed by atoms with Crippen LogP contribution in [0.2, 0.25) is 0 Å². The van der Waals surface area contributed by atoms with Crippen LogP contribution in [0, 0.1) is 10.8 Å². The van der Waals surface area contributed by atoms with Gasteiger partial charge in [0.15, 0.2) is 0 Å². The Morgan fingerprint density at radius 1 is 1.33 bits per heavy atom. The van der Waals surface area contributed by atoms with Gasteiger partial charge in [0, 0.05) is 30.9 Å². The lowest BCUT2D eigenvalue weighted by Gasteiger charge is -2.42. The number of carbonyl (C=O) groups is 1. The van der Waals surface area contributed by atoms with Crippen molar-refractivity contribution in [1.82, 2.24) is 14.7 Å². The minimum absolute atomic E-state index is 0.146. The van der Waals surface area contributed by atoms with Gasteiger partial charge in [-0.15, -0.1) is 0 Å². The largest absolute Gasteiger partial charge is 0.396 e. The van der Waals surface area contributed by atoms with Gasteiger partial charge < -0.3 is 10.0 Å². The molecule has 1 aromatic heterocycles. The number of allylic oxidation sites excluding steroid dienone is 2. The van der Waals surface area contributed by atoms with Crippen molar-refractivity contribution < 1.29 is 9.90 Å². The van der Waals surface area contributed by atoms with Gasteiger partial charge in [0.1, 0.15) is 0 Å². The first-order valence-corrected chi connectivity index (χ1v) is 9.00. The monoisotopic (exact) mass is 331 g/mol. The Morgan fingerprint density at radius 3 is 2.71 bits per heavy atom. The maximum absolute atomic E-state index is 13.1. The van der Waals surface area contributed by atoms with Crippen LogP contribution in [0.4, 0.5) is 0 Å². The lowest BCUT2D eigenvalue weighted by molar-refractivity contribution is -0.142. The van der Waals surface area contributed by atoms with E-state index in [1.165, 1.54) is 5.57 Å². The highest BCUT2D eigenvalue weighted by Gasteiger charge is 2.53. The number of aromatic nitrogens is 2. The van der Waals surface area contributed by atoms with E-state index < -0.39 is 0 Å². The molecular weight excluding hydrogens is 302 g/mol. The van der Waals surface area contributed by atoms with Crippen LogP contribution in [0.3, 0.4) is 0 Å². The molecule has 1 unspecified atom stereocenters. The molecule has 2 heterocycles.